The largest absolute Gasteiger partial charge is 0.436 e. The minimum absolute atomic E-state index is 0.166. The molecule has 0 saturated heterocycles. The van der Waals surface area contributed by atoms with Crippen molar-refractivity contribution in [3.8, 4) is 0 Å². The smallest absolute Gasteiger partial charge is 0.308 e. The Hall–Kier alpha value is -1.39. The Labute approximate surface area is 191 Å². The van der Waals surface area contributed by atoms with Crippen molar-refractivity contribution in [2.45, 2.75) is 117 Å². The number of carbonyl (C=O) groups excluding carboxylic acids is 1. The van der Waals surface area contributed by atoms with Crippen LogP contribution in [0, 0.1) is 0 Å². The van der Waals surface area contributed by atoms with Crippen LogP contribution in [0.3, 0.4) is 0 Å². The van der Waals surface area contributed by atoms with Crippen molar-refractivity contribution in [2.24, 2.45) is 0 Å². The lowest BCUT2D eigenvalue weighted by atomic mass is 10.0. The van der Waals surface area contributed by atoms with Crippen molar-refractivity contribution in [3.05, 3.63) is 35.9 Å². The van der Waals surface area contributed by atoms with Crippen molar-refractivity contribution in [3.63, 3.8) is 0 Å². The molecule has 1 aromatic rings. The number of hydrogen-bond donors (Lipinski definition) is 0. The summed E-state index contributed by atoms with van der Waals surface area (Å²) in [5.74, 6) is -0.166. The van der Waals surface area contributed by atoms with Crippen LogP contribution in [0.4, 0.5) is 0 Å². The van der Waals surface area contributed by atoms with E-state index in [1.807, 2.05) is 30.3 Å². The van der Waals surface area contributed by atoms with Gasteiger partial charge in [0, 0.05) is 6.42 Å². The molecule has 0 aliphatic carbocycles. The Morgan fingerprint density at radius 1 is 0.774 bits per heavy atom. The van der Waals surface area contributed by atoms with Crippen molar-refractivity contribution in [1.82, 2.24) is 0 Å². The second-order valence-corrected chi connectivity index (χ2v) is 8.46. The number of rotatable bonds is 21. The minimum atomic E-state index is -0.519. The Morgan fingerprint density at radius 2 is 1.32 bits per heavy atom. The van der Waals surface area contributed by atoms with Crippen LogP contribution in [0.15, 0.2) is 30.3 Å². The van der Waals surface area contributed by atoms with E-state index in [1.165, 1.54) is 70.6 Å². The second-order valence-electron chi connectivity index (χ2n) is 8.46. The van der Waals surface area contributed by atoms with Gasteiger partial charge in [-0.3, -0.25) is 4.79 Å². The summed E-state index contributed by atoms with van der Waals surface area (Å²) in [5.41, 5.74) is 1.14. The molecule has 31 heavy (non-hydrogen) atoms. The van der Waals surface area contributed by atoms with E-state index < -0.39 is 6.29 Å². The van der Waals surface area contributed by atoms with Gasteiger partial charge >= 0.3 is 5.97 Å². The first-order valence-electron chi connectivity index (χ1n) is 12.6. The second kappa shape index (κ2) is 20.5. The maximum Gasteiger partial charge on any atom is 0.308 e. The fourth-order valence-corrected chi connectivity index (χ4v) is 3.60. The Kier molecular flexibility index (Phi) is 18.3. The maximum atomic E-state index is 11.9. The van der Waals surface area contributed by atoms with Crippen LogP contribution >= 0.6 is 0 Å². The molecule has 0 aromatic heterocycles. The molecule has 0 aliphatic rings. The van der Waals surface area contributed by atoms with Gasteiger partial charge in [-0.25, -0.2) is 0 Å². The zero-order valence-corrected chi connectivity index (χ0v) is 20.1. The molecule has 4 heteroatoms. The molecule has 0 radical (unpaired) electrons. The quantitative estimate of drug-likeness (QED) is 0.114. The average molecular weight is 435 g/mol. The predicted molar refractivity (Wildman–Crippen MR) is 128 cm³/mol. The highest BCUT2D eigenvalue weighted by Crippen LogP contribution is 2.13. The van der Waals surface area contributed by atoms with Crippen molar-refractivity contribution >= 4 is 5.97 Å². The van der Waals surface area contributed by atoms with Crippen LogP contribution < -0.4 is 0 Å². The molecule has 0 heterocycles. The average Bonchev–Trinajstić information content (AvgIpc) is 2.77. The van der Waals surface area contributed by atoms with E-state index in [0.29, 0.717) is 26.2 Å². The summed E-state index contributed by atoms with van der Waals surface area (Å²) < 4.78 is 16.4. The Balaban J connectivity index is 1.83. The van der Waals surface area contributed by atoms with E-state index in [1.54, 1.807) is 6.92 Å². The number of carbonyl (C=O) groups is 1. The summed E-state index contributed by atoms with van der Waals surface area (Å²) in [6.45, 7) is 5.50. The van der Waals surface area contributed by atoms with Gasteiger partial charge < -0.3 is 14.2 Å². The van der Waals surface area contributed by atoms with Gasteiger partial charge in [-0.2, -0.15) is 0 Å². The highest BCUT2D eigenvalue weighted by molar-refractivity contribution is 5.69. The monoisotopic (exact) mass is 434 g/mol. The van der Waals surface area contributed by atoms with Crippen molar-refractivity contribution < 1.29 is 19.0 Å². The number of benzene rings is 1. The number of ether oxygens (including phenoxy) is 3. The lowest BCUT2D eigenvalue weighted by Crippen LogP contribution is -2.20. The molecule has 178 valence electrons. The first-order chi connectivity index (χ1) is 15.2. The summed E-state index contributed by atoms with van der Waals surface area (Å²) in [5, 5.41) is 0. The molecule has 0 N–H and O–H groups in total. The van der Waals surface area contributed by atoms with Crippen molar-refractivity contribution in [2.75, 3.05) is 13.2 Å². The van der Waals surface area contributed by atoms with Gasteiger partial charge in [-0.15, -0.1) is 0 Å². The molecule has 0 aliphatic heterocycles. The molecular formula is C27H46O4. The zero-order chi connectivity index (χ0) is 22.4. The third kappa shape index (κ3) is 17.9. The lowest BCUT2D eigenvalue weighted by Gasteiger charge is -2.14. The van der Waals surface area contributed by atoms with Crippen LogP contribution in [0.1, 0.15) is 109 Å². The molecule has 0 spiro atoms. The van der Waals surface area contributed by atoms with Crippen LogP contribution in [-0.4, -0.2) is 25.5 Å². The third-order valence-electron chi connectivity index (χ3n) is 5.47. The molecular weight excluding hydrogens is 388 g/mol. The van der Waals surface area contributed by atoms with Crippen LogP contribution in [0.5, 0.6) is 0 Å². The molecule has 1 unspecified atom stereocenters. The lowest BCUT2D eigenvalue weighted by molar-refractivity contribution is -0.177. The normalized spacial score (nSPS) is 12.1. The molecule has 1 atom stereocenters. The number of hydrogen-bond acceptors (Lipinski definition) is 4. The van der Waals surface area contributed by atoms with Gasteiger partial charge in [0.25, 0.3) is 0 Å². The highest BCUT2D eigenvalue weighted by Gasteiger charge is 2.09. The van der Waals surface area contributed by atoms with Crippen LogP contribution in [0.2, 0.25) is 0 Å². The number of unbranched alkanes of at least 4 members (excludes halogenated alkanes) is 12. The van der Waals surface area contributed by atoms with E-state index in [4.69, 9.17) is 14.2 Å². The van der Waals surface area contributed by atoms with Gasteiger partial charge in [0.05, 0.1) is 19.8 Å². The maximum absolute atomic E-state index is 11.9. The molecule has 0 saturated carbocycles. The van der Waals surface area contributed by atoms with Gasteiger partial charge in [0.2, 0.25) is 0 Å². The van der Waals surface area contributed by atoms with E-state index in [-0.39, 0.29) is 5.97 Å². The summed E-state index contributed by atoms with van der Waals surface area (Å²) in [4.78, 5) is 11.9. The summed E-state index contributed by atoms with van der Waals surface area (Å²) in [7, 11) is 0. The molecule has 1 rings (SSSR count). The fraction of sp³-hybridized carbons (Fsp3) is 0.741. The summed E-state index contributed by atoms with van der Waals surface area (Å²) in [6, 6.07) is 10.0. The summed E-state index contributed by atoms with van der Waals surface area (Å²) >= 11 is 0. The SMILES string of the molecule is CCCCCCCCCCCCCCCC(=O)OC(C)OCCOCc1ccccc1. The highest BCUT2D eigenvalue weighted by atomic mass is 16.7. The minimum Gasteiger partial charge on any atom is -0.436 e. The first-order valence-corrected chi connectivity index (χ1v) is 12.6. The number of esters is 1. The summed E-state index contributed by atoms with van der Waals surface area (Å²) in [6.07, 6.45) is 16.9. The van der Waals surface area contributed by atoms with Crippen LogP contribution in [0.25, 0.3) is 0 Å². The van der Waals surface area contributed by atoms with Gasteiger partial charge in [-0.05, 0) is 18.9 Å². The van der Waals surface area contributed by atoms with Gasteiger partial charge in [-0.1, -0.05) is 114 Å². The molecule has 0 amide bonds. The molecule has 4 nitrogen and oxygen atoms in total. The topological polar surface area (TPSA) is 44.8 Å². The van der Waals surface area contributed by atoms with E-state index in [0.717, 1.165) is 18.4 Å². The van der Waals surface area contributed by atoms with E-state index in [9.17, 15) is 4.79 Å². The third-order valence-corrected chi connectivity index (χ3v) is 5.47. The predicted octanol–water partition coefficient (Wildman–Crippen LogP) is 7.59. The molecule has 1 aromatic carbocycles. The van der Waals surface area contributed by atoms with Crippen molar-refractivity contribution in [1.29, 1.82) is 0 Å². The van der Waals surface area contributed by atoms with Gasteiger partial charge in [0.1, 0.15) is 0 Å². The van der Waals surface area contributed by atoms with Crippen LogP contribution in [-0.2, 0) is 25.6 Å². The zero-order valence-electron chi connectivity index (χ0n) is 20.1. The molecule has 0 bridgehead atoms. The Bertz CT molecular complexity index is 517. The van der Waals surface area contributed by atoms with E-state index >= 15 is 0 Å². The Morgan fingerprint density at radius 3 is 1.90 bits per heavy atom. The molecule has 0 fully saturated rings. The van der Waals surface area contributed by atoms with Gasteiger partial charge in [0.15, 0.2) is 6.29 Å². The van der Waals surface area contributed by atoms with E-state index in [2.05, 4.69) is 6.92 Å². The standard InChI is InChI=1S/C27H46O4/c1-3-4-5-6-7-8-9-10-11-12-13-14-18-21-27(28)31-25(2)30-23-22-29-24-26-19-16-15-17-20-26/h15-17,19-20,25H,3-14,18,21-24H2,1-2H3. The first kappa shape index (κ1) is 27.6. The fourth-order valence-electron chi connectivity index (χ4n) is 3.60.